The SMILES string of the molecule is CCOc1cccc(OCc2ccc(CNC)cc2Br)c1. The number of halogens is 1. The first-order chi connectivity index (χ1) is 10.2. The van der Waals surface area contributed by atoms with Crippen molar-refractivity contribution in [1.82, 2.24) is 5.32 Å². The van der Waals surface area contributed by atoms with E-state index in [0.717, 1.165) is 28.1 Å². The van der Waals surface area contributed by atoms with Gasteiger partial charge >= 0.3 is 0 Å². The van der Waals surface area contributed by atoms with E-state index in [1.54, 1.807) is 0 Å². The van der Waals surface area contributed by atoms with Crippen LogP contribution in [-0.4, -0.2) is 13.7 Å². The lowest BCUT2D eigenvalue weighted by molar-refractivity contribution is 0.299. The van der Waals surface area contributed by atoms with E-state index in [2.05, 4.69) is 39.4 Å². The van der Waals surface area contributed by atoms with Gasteiger partial charge in [-0.05, 0) is 37.7 Å². The third-order valence-electron chi connectivity index (χ3n) is 3.01. The van der Waals surface area contributed by atoms with Gasteiger partial charge in [0.15, 0.2) is 0 Å². The molecule has 0 saturated heterocycles. The van der Waals surface area contributed by atoms with Crippen molar-refractivity contribution in [3.63, 3.8) is 0 Å². The van der Waals surface area contributed by atoms with Gasteiger partial charge in [-0.1, -0.05) is 34.1 Å². The summed E-state index contributed by atoms with van der Waals surface area (Å²) in [7, 11) is 1.94. The third-order valence-corrected chi connectivity index (χ3v) is 3.75. The van der Waals surface area contributed by atoms with Crippen LogP contribution in [0.2, 0.25) is 0 Å². The van der Waals surface area contributed by atoms with Gasteiger partial charge in [0, 0.05) is 22.6 Å². The Labute approximate surface area is 134 Å². The van der Waals surface area contributed by atoms with E-state index in [1.807, 2.05) is 38.2 Å². The predicted molar refractivity (Wildman–Crippen MR) is 88.8 cm³/mol. The molecule has 0 amide bonds. The normalized spacial score (nSPS) is 10.4. The molecule has 3 nitrogen and oxygen atoms in total. The Balaban J connectivity index is 2.01. The number of hydrogen-bond donors (Lipinski definition) is 1. The Morgan fingerprint density at radius 1 is 1.05 bits per heavy atom. The van der Waals surface area contributed by atoms with E-state index in [1.165, 1.54) is 5.56 Å². The van der Waals surface area contributed by atoms with Crippen LogP contribution >= 0.6 is 15.9 Å². The Bertz CT molecular complexity index is 587. The van der Waals surface area contributed by atoms with Gasteiger partial charge in [0.25, 0.3) is 0 Å². The highest BCUT2D eigenvalue weighted by Crippen LogP contribution is 2.23. The maximum atomic E-state index is 5.83. The second kappa shape index (κ2) is 8.05. The molecule has 2 aromatic carbocycles. The molecule has 1 N–H and O–H groups in total. The molecule has 0 heterocycles. The van der Waals surface area contributed by atoms with Crippen molar-refractivity contribution in [2.45, 2.75) is 20.1 Å². The van der Waals surface area contributed by atoms with E-state index < -0.39 is 0 Å². The van der Waals surface area contributed by atoms with Crippen LogP contribution in [0.1, 0.15) is 18.1 Å². The van der Waals surface area contributed by atoms with Gasteiger partial charge < -0.3 is 14.8 Å². The summed E-state index contributed by atoms with van der Waals surface area (Å²) in [5.41, 5.74) is 2.36. The Morgan fingerprint density at radius 2 is 1.81 bits per heavy atom. The predicted octanol–water partition coefficient (Wildman–Crippen LogP) is 4.15. The minimum Gasteiger partial charge on any atom is -0.494 e. The second-order valence-electron chi connectivity index (χ2n) is 4.65. The first-order valence-corrected chi connectivity index (χ1v) is 7.79. The molecule has 0 unspecified atom stereocenters. The van der Waals surface area contributed by atoms with Gasteiger partial charge in [0.1, 0.15) is 18.1 Å². The molecule has 0 aliphatic rings. The average molecular weight is 350 g/mol. The van der Waals surface area contributed by atoms with Crippen LogP contribution < -0.4 is 14.8 Å². The topological polar surface area (TPSA) is 30.5 Å². The van der Waals surface area contributed by atoms with E-state index in [4.69, 9.17) is 9.47 Å². The maximum Gasteiger partial charge on any atom is 0.123 e. The fourth-order valence-electron chi connectivity index (χ4n) is 2.00. The molecule has 0 bridgehead atoms. The largest absolute Gasteiger partial charge is 0.494 e. The van der Waals surface area contributed by atoms with Crippen LogP contribution in [0.15, 0.2) is 46.9 Å². The van der Waals surface area contributed by atoms with E-state index in [9.17, 15) is 0 Å². The number of rotatable bonds is 7. The van der Waals surface area contributed by atoms with Crippen LogP contribution in [-0.2, 0) is 13.2 Å². The lowest BCUT2D eigenvalue weighted by Gasteiger charge is -2.11. The molecule has 0 radical (unpaired) electrons. The van der Waals surface area contributed by atoms with Gasteiger partial charge in [-0.25, -0.2) is 0 Å². The van der Waals surface area contributed by atoms with Crippen molar-refractivity contribution in [1.29, 1.82) is 0 Å². The lowest BCUT2D eigenvalue weighted by atomic mass is 10.1. The summed E-state index contributed by atoms with van der Waals surface area (Å²) in [4.78, 5) is 0. The van der Waals surface area contributed by atoms with Crippen LogP contribution in [0.4, 0.5) is 0 Å². The fraction of sp³-hybridized carbons (Fsp3) is 0.294. The molecule has 4 heteroatoms. The minimum atomic E-state index is 0.524. The molecular formula is C17H20BrNO2. The fourth-order valence-corrected chi connectivity index (χ4v) is 2.54. The zero-order valence-electron chi connectivity index (χ0n) is 12.4. The van der Waals surface area contributed by atoms with Crippen LogP contribution in [0, 0.1) is 0 Å². The summed E-state index contributed by atoms with van der Waals surface area (Å²) in [5.74, 6) is 1.64. The molecule has 0 aliphatic carbocycles. The molecule has 21 heavy (non-hydrogen) atoms. The first-order valence-electron chi connectivity index (χ1n) is 7.00. The maximum absolute atomic E-state index is 5.83. The van der Waals surface area contributed by atoms with Crippen molar-refractivity contribution in [3.05, 3.63) is 58.1 Å². The van der Waals surface area contributed by atoms with E-state index >= 15 is 0 Å². The zero-order valence-corrected chi connectivity index (χ0v) is 13.9. The van der Waals surface area contributed by atoms with Crippen molar-refractivity contribution >= 4 is 15.9 Å². The molecule has 0 aromatic heterocycles. The third kappa shape index (κ3) is 4.76. The standard InChI is InChI=1S/C17H20BrNO2/c1-3-20-15-5-4-6-16(10-15)21-12-14-8-7-13(11-19-2)9-17(14)18/h4-10,19H,3,11-12H2,1-2H3. The molecule has 112 valence electrons. The van der Waals surface area contributed by atoms with Crippen molar-refractivity contribution in [2.75, 3.05) is 13.7 Å². The molecule has 0 spiro atoms. The van der Waals surface area contributed by atoms with Gasteiger partial charge in [0.2, 0.25) is 0 Å². The molecule has 0 fully saturated rings. The number of nitrogens with one attached hydrogen (secondary N) is 1. The monoisotopic (exact) mass is 349 g/mol. The average Bonchev–Trinajstić information content (AvgIpc) is 2.47. The molecule has 0 saturated carbocycles. The van der Waals surface area contributed by atoms with Gasteiger partial charge in [-0.2, -0.15) is 0 Å². The van der Waals surface area contributed by atoms with E-state index in [-0.39, 0.29) is 0 Å². The lowest BCUT2D eigenvalue weighted by Crippen LogP contribution is -2.05. The van der Waals surface area contributed by atoms with Gasteiger partial charge in [0.05, 0.1) is 6.61 Å². The summed E-state index contributed by atoms with van der Waals surface area (Å²) in [5, 5.41) is 3.14. The molecule has 2 rings (SSSR count). The quantitative estimate of drug-likeness (QED) is 0.814. The number of ether oxygens (including phenoxy) is 2. The Hall–Kier alpha value is -1.52. The highest BCUT2D eigenvalue weighted by Gasteiger charge is 2.03. The van der Waals surface area contributed by atoms with Crippen LogP contribution in [0.3, 0.4) is 0 Å². The second-order valence-corrected chi connectivity index (χ2v) is 5.51. The zero-order chi connectivity index (χ0) is 15.1. The van der Waals surface area contributed by atoms with Crippen molar-refractivity contribution in [2.24, 2.45) is 0 Å². The van der Waals surface area contributed by atoms with Crippen LogP contribution in [0.25, 0.3) is 0 Å². The van der Waals surface area contributed by atoms with Crippen molar-refractivity contribution in [3.8, 4) is 11.5 Å². The Morgan fingerprint density at radius 3 is 2.48 bits per heavy atom. The van der Waals surface area contributed by atoms with E-state index in [0.29, 0.717) is 13.2 Å². The number of hydrogen-bond acceptors (Lipinski definition) is 3. The number of benzene rings is 2. The summed E-state index contributed by atoms with van der Waals surface area (Å²) in [6, 6.07) is 14.0. The van der Waals surface area contributed by atoms with Gasteiger partial charge in [-0.15, -0.1) is 0 Å². The molecule has 2 aromatic rings. The van der Waals surface area contributed by atoms with Gasteiger partial charge in [-0.3, -0.25) is 0 Å². The summed E-state index contributed by atoms with van der Waals surface area (Å²) < 4.78 is 12.4. The summed E-state index contributed by atoms with van der Waals surface area (Å²) in [6.07, 6.45) is 0. The summed E-state index contributed by atoms with van der Waals surface area (Å²) in [6.45, 7) is 4.01. The molecule has 0 aliphatic heterocycles. The molecular weight excluding hydrogens is 330 g/mol. The smallest absolute Gasteiger partial charge is 0.123 e. The van der Waals surface area contributed by atoms with Crippen LogP contribution in [0.5, 0.6) is 11.5 Å². The highest BCUT2D eigenvalue weighted by molar-refractivity contribution is 9.10. The Kier molecular flexibility index (Phi) is 6.08. The molecule has 0 atom stereocenters. The summed E-state index contributed by atoms with van der Waals surface area (Å²) >= 11 is 3.60. The first kappa shape index (κ1) is 15.9. The highest BCUT2D eigenvalue weighted by atomic mass is 79.9. The minimum absolute atomic E-state index is 0.524. The van der Waals surface area contributed by atoms with Crippen molar-refractivity contribution < 1.29 is 9.47 Å².